The predicted molar refractivity (Wildman–Crippen MR) is 79.9 cm³/mol. The highest BCUT2D eigenvalue weighted by Crippen LogP contribution is 2.22. The van der Waals surface area contributed by atoms with Crippen LogP contribution in [-0.4, -0.2) is 0 Å². The Kier molecular flexibility index (Phi) is 4.24. The SMILES string of the molecule is CCc1ccc(CNc2ccc(Br)c(C)c2)s1. The van der Waals surface area contributed by atoms with E-state index in [1.807, 2.05) is 11.3 Å². The molecule has 3 heteroatoms. The first-order valence-corrected chi connectivity index (χ1v) is 7.37. The number of nitrogens with one attached hydrogen (secondary N) is 1. The van der Waals surface area contributed by atoms with Crippen molar-refractivity contribution in [2.75, 3.05) is 5.32 Å². The summed E-state index contributed by atoms with van der Waals surface area (Å²) < 4.78 is 1.16. The van der Waals surface area contributed by atoms with E-state index in [4.69, 9.17) is 0 Å². The topological polar surface area (TPSA) is 12.0 Å². The van der Waals surface area contributed by atoms with Gasteiger partial charge in [-0.2, -0.15) is 0 Å². The lowest BCUT2D eigenvalue weighted by Crippen LogP contribution is -1.97. The fourth-order valence-electron chi connectivity index (χ4n) is 1.65. The third-order valence-electron chi connectivity index (χ3n) is 2.69. The van der Waals surface area contributed by atoms with Crippen molar-refractivity contribution in [2.24, 2.45) is 0 Å². The van der Waals surface area contributed by atoms with Crippen molar-refractivity contribution in [3.8, 4) is 0 Å². The van der Waals surface area contributed by atoms with E-state index in [2.05, 4.69) is 65.4 Å². The lowest BCUT2D eigenvalue weighted by atomic mass is 10.2. The molecule has 0 radical (unpaired) electrons. The van der Waals surface area contributed by atoms with Gasteiger partial charge in [0.1, 0.15) is 0 Å². The predicted octanol–water partition coefficient (Wildman–Crippen LogP) is 4.99. The standard InChI is InChI=1S/C14H16BrNS/c1-3-12-5-6-13(17-12)9-16-11-4-7-14(15)10(2)8-11/h4-8,16H,3,9H2,1-2H3. The Hall–Kier alpha value is -0.800. The zero-order valence-electron chi connectivity index (χ0n) is 10.1. The van der Waals surface area contributed by atoms with Crippen LogP contribution in [0.4, 0.5) is 5.69 Å². The molecule has 0 aliphatic carbocycles. The van der Waals surface area contributed by atoms with Gasteiger partial charge in [0.15, 0.2) is 0 Å². The summed E-state index contributed by atoms with van der Waals surface area (Å²) in [5.41, 5.74) is 2.44. The number of benzene rings is 1. The van der Waals surface area contributed by atoms with Gasteiger partial charge in [0.2, 0.25) is 0 Å². The van der Waals surface area contributed by atoms with Crippen molar-refractivity contribution in [3.63, 3.8) is 0 Å². The minimum Gasteiger partial charge on any atom is -0.380 e. The molecule has 0 amide bonds. The second kappa shape index (κ2) is 5.69. The molecule has 2 rings (SSSR count). The Morgan fingerprint density at radius 3 is 2.59 bits per heavy atom. The summed E-state index contributed by atoms with van der Waals surface area (Å²) in [6.45, 7) is 5.21. The van der Waals surface area contributed by atoms with Gasteiger partial charge in [-0.15, -0.1) is 11.3 Å². The number of thiophene rings is 1. The van der Waals surface area contributed by atoms with E-state index >= 15 is 0 Å². The molecular formula is C14H16BrNS. The highest BCUT2D eigenvalue weighted by Gasteiger charge is 2.00. The second-order valence-electron chi connectivity index (χ2n) is 4.04. The van der Waals surface area contributed by atoms with Crippen LogP contribution in [0.1, 0.15) is 22.2 Å². The molecule has 0 fully saturated rings. The molecular weight excluding hydrogens is 294 g/mol. The molecule has 0 unspecified atom stereocenters. The molecule has 1 N–H and O–H groups in total. The zero-order valence-corrected chi connectivity index (χ0v) is 12.5. The summed E-state index contributed by atoms with van der Waals surface area (Å²) in [6, 6.07) is 10.8. The summed E-state index contributed by atoms with van der Waals surface area (Å²) in [4.78, 5) is 2.84. The van der Waals surface area contributed by atoms with E-state index in [9.17, 15) is 0 Å². The number of anilines is 1. The monoisotopic (exact) mass is 309 g/mol. The average molecular weight is 310 g/mol. The molecule has 0 atom stereocenters. The molecule has 90 valence electrons. The maximum atomic E-state index is 3.51. The molecule has 1 heterocycles. The smallest absolute Gasteiger partial charge is 0.0494 e. The van der Waals surface area contributed by atoms with E-state index < -0.39 is 0 Å². The molecule has 0 spiro atoms. The van der Waals surface area contributed by atoms with Gasteiger partial charge < -0.3 is 5.32 Å². The first-order valence-electron chi connectivity index (χ1n) is 5.76. The molecule has 0 aliphatic heterocycles. The van der Waals surface area contributed by atoms with E-state index in [1.165, 1.54) is 21.0 Å². The number of hydrogen-bond acceptors (Lipinski definition) is 2. The normalized spacial score (nSPS) is 10.5. The Bertz CT molecular complexity index is 505. The van der Waals surface area contributed by atoms with Gasteiger partial charge in [-0.25, -0.2) is 0 Å². The fraction of sp³-hybridized carbons (Fsp3) is 0.286. The lowest BCUT2D eigenvalue weighted by molar-refractivity contribution is 1.18. The van der Waals surface area contributed by atoms with Crippen LogP contribution in [0.2, 0.25) is 0 Å². The van der Waals surface area contributed by atoms with Gasteiger partial charge in [-0.05, 0) is 49.2 Å². The van der Waals surface area contributed by atoms with Crippen molar-refractivity contribution in [1.29, 1.82) is 0 Å². The minimum absolute atomic E-state index is 0.908. The largest absolute Gasteiger partial charge is 0.380 e. The lowest BCUT2D eigenvalue weighted by Gasteiger charge is -2.06. The van der Waals surface area contributed by atoms with Crippen LogP contribution in [-0.2, 0) is 13.0 Å². The Labute approximate surface area is 115 Å². The van der Waals surface area contributed by atoms with Crippen LogP contribution in [0.25, 0.3) is 0 Å². The van der Waals surface area contributed by atoms with Gasteiger partial charge in [0.05, 0.1) is 0 Å². The molecule has 1 aromatic heterocycles. The minimum atomic E-state index is 0.908. The van der Waals surface area contributed by atoms with Crippen LogP contribution in [0.3, 0.4) is 0 Å². The molecule has 0 bridgehead atoms. The zero-order chi connectivity index (χ0) is 12.3. The molecule has 1 nitrogen and oxygen atoms in total. The quantitative estimate of drug-likeness (QED) is 0.838. The summed E-state index contributed by atoms with van der Waals surface area (Å²) in [6.07, 6.45) is 1.13. The van der Waals surface area contributed by atoms with Crippen molar-refractivity contribution in [1.82, 2.24) is 0 Å². The highest BCUT2D eigenvalue weighted by atomic mass is 79.9. The van der Waals surface area contributed by atoms with Crippen molar-refractivity contribution < 1.29 is 0 Å². The Morgan fingerprint density at radius 1 is 1.18 bits per heavy atom. The number of rotatable bonds is 4. The summed E-state index contributed by atoms with van der Waals surface area (Å²) >= 11 is 5.40. The third-order valence-corrected chi connectivity index (χ3v) is 4.81. The molecule has 17 heavy (non-hydrogen) atoms. The van der Waals surface area contributed by atoms with E-state index in [0.717, 1.165) is 17.4 Å². The number of hydrogen-bond donors (Lipinski definition) is 1. The van der Waals surface area contributed by atoms with Crippen LogP contribution in [0.15, 0.2) is 34.8 Å². The first kappa shape index (κ1) is 12.7. The van der Waals surface area contributed by atoms with Crippen LogP contribution in [0, 0.1) is 6.92 Å². The van der Waals surface area contributed by atoms with Gasteiger partial charge in [0.25, 0.3) is 0 Å². The molecule has 2 aromatic rings. The highest BCUT2D eigenvalue weighted by molar-refractivity contribution is 9.10. The van der Waals surface area contributed by atoms with E-state index in [-0.39, 0.29) is 0 Å². The molecule has 1 aromatic carbocycles. The van der Waals surface area contributed by atoms with Gasteiger partial charge >= 0.3 is 0 Å². The maximum Gasteiger partial charge on any atom is 0.0494 e. The van der Waals surface area contributed by atoms with Crippen LogP contribution >= 0.6 is 27.3 Å². The summed E-state index contributed by atoms with van der Waals surface area (Å²) in [5.74, 6) is 0. The summed E-state index contributed by atoms with van der Waals surface area (Å²) in [7, 11) is 0. The molecule has 0 saturated heterocycles. The second-order valence-corrected chi connectivity index (χ2v) is 6.15. The van der Waals surface area contributed by atoms with Crippen molar-refractivity contribution >= 4 is 33.0 Å². The van der Waals surface area contributed by atoms with Crippen LogP contribution in [0.5, 0.6) is 0 Å². The Balaban J connectivity index is 1.99. The van der Waals surface area contributed by atoms with Gasteiger partial charge in [0, 0.05) is 26.5 Å². The summed E-state index contributed by atoms with van der Waals surface area (Å²) in [5, 5.41) is 3.46. The number of halogens is 1. The van der Waals surface area contributed by atoms with Crippen molar-refractivity contribution in [2.45, 2.75) is 26.8 Å². The van der Waals surface area contributed by atoms with E-state index in [0.29, 0.717) is 0 Å². The van der Waals surface area contributed by atoms with Crippen LogP contribution < -0.4 is 5.32 Å². The maximum absolute atomic E-state index is 3.51. The van der Waals surface area contributed by atoms with Gasteiger partial charge in [-0.1, -0.05) is 22.9 Å². The van der Waals surface area contributed by atoms with Gasteiger partial charge in [-0.3, -0.25) is 0 Å². The Morgan fingerprint density at radius 2 is 1.94 bits per heavy atom. The average Bonchev–Trinajstić information content (AvgIpc) is 2.79. The fourth-order valence-corrected chi connectivity index (χ4v) is 2.80. The van der Waals surface area contributed by atoms with E-state index in [1.54, 1.807) is 0 Å². The first-order chi connectivity index (χ1) is 8.19. The van der Waals surface area contributed by atoms with Crippen molar-refractivity contribution in [3.05, 3.63) is 50.1 Å². The molecule has 0 aliphatic rings. The third kappa shape index (κ3) is 3.33. The molecule has 0 saturated carbocycles. The number of aryl methyl sites for hydroxylation is 2.